The van der Waals surface area contributed by atoms with E-state index >= 15 is 0 Å². The van der Waals surface area contributed by atoms with Crippen LogP contribution in [0.15, 0.2) is 0 Å². The molecule has 11 heavy (non-hydrogen) atoms. The molecule has 2 N–H and O–H groups in total. The Hall–Kier alpha value is -0.200. The monoisotopic (exact) mass is 166 g/mol. The van der Waals surface area contributed by atoms with Crippen LogP contribution in [0.3, 0.4) is 0 Å². The second kappa shape index (κ2) is 9.80. The Morgan fingerprint density at radius 1 is 0.818 bits per heavy atom. The molecule has 0 heterocycles. The first kappa shape index (κ1) is 10.8. The van der Waals surface area contributed by atoms with Gasteiger partial charge in [-0.2, -0.15) is 0 Å². The van der Waals surface area contributed by atoms with E-state index in [4.69, 9.17) is 19.8 Å². The van der Waals surface area contributed by atoms with Gasteiger partial charge in [-0.25, -0.2) is 4.89 Å². The minimum atomic E-state index is 0.0275. The van der Waals surface area contributed by atoms with Crippen molar-refractivity contribution in [3.63, 3.8) is 0 Å². The van der Waals surface area contributed by atoms with E-state index in [1.54, 1.807) is 0 Å². The fourth-order valence-corrected chi connectivity index (χ4v) is 0.483. The van der Waals surface area contributed by atoms with Crippen molar-refractivity contribution in [1.82, 2.24) is 0 Å². The van der Waals surface area contributed by atoms with Crippen LogP contribution in [0.4, 0.5) is 0 Å². The summed E-state index contributed by atoms with van der Waals surface area (Å²) in [5.74, 6) is 0. The standard InChI is InChI=1S/C6H14O5/c7-1-2-9-3-4-10-5-6-11-8/h7-8H,1-6H2. The maximum Gasteiger partial charge on any atom is 0.105 e. The average Bonchev–Trinajstić information content (AvgIpc) is 2.03. The molecule has 0 unspecified atom stereocenters. The van der Waals surface area contributed by atoms with E-state index in [1.165, 1.54) is 0 Å². The summed E-state index contributed by atoms with van der Waals surface area (Å²) in [4.78, 5) is 3.76. The summed E-state index contributed by atoms with van der Waals surface area (Å²) in [6.45, 7) is 1.77. The third-order valence-corrected chi connectivity index (χ3v) is 0.927. The highest BCUT2D eigenvalue weighted by atomic mass is 17.1. The minimum absolute atomic E-state index is 0.0275. The summed E-state index contributed by atoms with van der Waals surface area (Å²) < 4.78 is 9.81. The van der Waals surface area contributed by atoms with Gasteiger partial charge >= 0.3 is 0 Å². The van der Waals surface area contributed by atoms with Gasteiger partial charge in [-0.1, -0.05) is 0 Å². The molecule has 0 fully saturated rings. The SMILES string of the molecule is OCCOCCOCCOO. The zero-order valence-corrected chi connectivity index (χ0v) is 6.36. The molecule has 0 saturated carbocycles. The van der Waals surface area contributed by atoms with Crippen LogP contribution in [0, 0.1) is 0 Å². The molecule has 0 saturated heterocycles. The summed E-state index contributed by atoms with van der Waals surface area (Å²) in [5, 5.41) is 16.2. The molecule has 0 aromatic carbocycles. The van der Waals surface area contributed by atoms with Crippen LogP contribution >= 0.6 is 0 Å². The number of rotatable bonds is 8. The van der Waals surface area contributed by atoms with Crippen molar-refractivity contribution in [2.75, 3.05) is 39.6 Å². The Bertz CT molecular complexity index is 60.0. The molecular weight excluding hydrogens is 152 g/mol. The van der Waals surface area contributed by atoms with Crippen LogP contribution < -0.4 is 0 Å². The number of aliphatic hydroxyl groups is 1. The lowest BCUT2D eigenvalue weighted by Crippen LogP contribution is -2.09. The van der Waals surface area contributed by atoms with E-state index in [0.29, 0.717) is 26.4 Å². The molecular formula is C6H14O5. The van der Waals surface area contributed by atoms with Gasteiger partial charge in [-0.05, 0) is 0 Å². The topological polar surface area (TPSA) is 68.2 Å². The average molecular weight is 166 g/mol. The van der Waals surface area contributed by atoms with Crippen LogP contribution in [0.25, 0.3) is 0 Å². The van der Waals surface area contributed by atoms with Crippen LogP contribution in [0.2, 0.25) is 0 Å². The van der Waals surface area contributed by atoms with Crippen molar-refractivity contribution < 1.29 is 24.7 Å². The maximum absolute atomic E-state index is 8.29. The van der Waals surface area contributed by atoms with E-state index < -0.39 is 0 Å². The highest BCUT2D eigenvalue weighted by molar-refractivity contribution is 4.30. The second-order valence-electron chi connectivity index (χ2n) is 1.78. The Morgan fingerprint density at radius 3 is 1.91 bits per heavy atom. The fourth-order valence-electron chi connectivity index (χ4n) is 0.483. The molecule has 0 spiro atoms. The van der Waals surface area contributed by atoms with E-state index in [2.05, 4.69) is 4.89 Å². The van der Waals surface area contributed by atoms with Gasteiger partial charge in [0, 0.05) is 0 Å². The quantitative estimate of drug-likeness (QED) is 0.289. The smallest absolute Gasteiger partial charge is 0.105 e. The zero-order valence-electron chi connectivity index (χ0n) is 6.36. The summed E-state index contributed by atoms with van der Waals surface area (Å²) in [7, 11) is 0. The third-order valence-electron chi connectivity index (χ3n) is 0.927. The largest absolute Gasteiger partial charge is 0.394 e. The first-order chi connectivity index (χ1) is 5.41. The van der Waals surface area contributed by atoms with Crippen molar-refractivity contribution in [2.24, 2.45) is 0 Å². The van der Waals surface area contributed by atoms with E-state index in [1.807, 2.05) is 0 Å². The van der Waals surface area contributed by atoms with Gasteiger partial charge in [-0.15, -0.1) is 0 Å². The maximum atomic E-state index is 8.29. The van der Waals surface area contributed by atoms with Crippen molar-refractivity contribution in [1.29, 1.82) is 0 Å². The van der Waals surface area contributed by atoms with Crippen molar-refractivity contribution >= 4 is 0 Å². The number of aliphatic hydroxyl groups excluding tert-OH is 1. The van der Waals surface area contributed by atoms with Crippen LogP contribution in [-0.2, 0) is 14.4 Å². The Kier molecular flexibility index (Phi) is 9.62. The number of hydrogen-bond acceptors (Lipinski definition) is 5. The van der Waals surface area contributed by atoms with Crippen LogP contribution in [0.1, 0.15) is 0 Å². The highest BCUT2D eigenvalue weighted by Crippen LogP contribution is 1.78. The first-order valence-corrected chi connectivity index (χ1v) is 3.44. The lowest BCUT2D eigenvalue weighted by Gasteiger charge is -2.02. The fraction of sp³-hybridized carbons (Fsp3) is 1.00. The van der Waals surface area contributed by atoms with E-state index in [-0.39, 0.29) is 13.2 Å². The summed E-state index contributed by atoms with van der Waals surface area (Å²) in [5.41, 5.74) is 0. The highest BCUT2D eigenvalue weighted by Gasteiger charge is 1.88. The second-order valence-corrected chi connectivity index (χ2v) is 1.78. The molecule has 0 atom stereocenters. The minimum Gasteiger partial charge on any atom is -0.394 e. The number of hydrogen-bond donors (Lipinski definition) is 2. The normalized spacial score (nSPS) is 10.4. The molecule has 5 heteroatoms. The number of ether oxygens (including phenoxy) is 2. The molecule has 0 aromatic rings. The van der Waals surface area contributed by atoms with Gasteiger partial charge in [-0.3, -0.25) is 5.26 Å². The lowest BCUT2D eigenvalue weighted by atomic mass is 10.7. The van der Waals surface area contributed by atoms with Crippen molar-refractivity contribution in [3.05, 3.63) is 0 Å². The molecule has 68 valence electrons. The van der Waals surface area contributed by atoms with E-state index in [0.717, 1.165) is 0 Å². The van der Waals surface area contributed by atoms with Gasteiger partial charge in [0.1, 0.15) is 6.61 Å². The molecule has 0 radical (unpaired) electrons. The molecule has 0 bridgehead atoms. The van der Waals surface area contributed by atoms with Gasteiger partial charge in [0.05, 0.1) is 33.0 Å². The summed E-state index contributed by atoms with van der Waals surface area (Å²) >= 11 is 0. The van der Waals surface area contributed by atoms with Crippen molar-refractivity contribution in [3.8, 4) is 0 Å². The Morgan fingerprint density at radius 2 is 1.36 bits per heavy atom. The molecule has 0 aromatic heterocycles. The van der Waals surface area contributed by atoms with Gasteiger partial charge in [0.15, 0.2) is 0 Å². The predicted octanol–water partition coefficient (Wildman–Crippen LogP) is -0.498. The van der Waals surface area contributed by atoms with Crippen LogP contribution in [0.5, 0.6) is 0 Å². The zero-order chi connectivity index (χ0) is 8.36. The lowest BCUT2D eigenvalue weighted by molar-refractivity contribution is -0.249. The van der Waals surface area contributed by atoms with Gasteiger partial charge < -0.3 is 14.6 Å². The Balaban J connectivity index is 2.69. The summed E-state index contributed by atoms with van der Waals surface area (Å²) in [6.07, 6.45) is 0. The van der Waals surface area contributed by atoms with Gasteiger partial charge in [0.25, 0.3) is 0 Å². The van der Waals surface area contributed by atoms with E-state index in [9.17, 15) is 0 Å². The summed E-state index contributed by atoms with van der Waals surface area (Å²) in [6, 6.07) is 0. The molecule has 0 rings (SSSR count). The molecule has 5 nitrogen and oxygen atoms in total. The predicted molar refractivity (Wildman–Crippen MR) is 37.3 cm³/mol. The molecule has 0 aliphatic rings. The molecule has 0 aliphatic carbocycles. The Labute approximate surface area is 65.4 Å². The molecule has 0 aliphatic heterocycles. The van der Waals surface area contributed by atoms with Crippen molar-refractivity contribution in [2.45, 2.75) is 0 Å². The molecule has 0 amide bonds. The first-order valence-electron chi connectivity index (χ1n) is 3.44. The van der Waals surface area contributed by atoms with Crippen LogP contribution in [-0.4, -0.2) is 50.0 Å². The third kappa shape index (κ3) is 9.80. The van der Waals surface area contributed by atoms with Gasteiger partial charge in [0.2, 0.25) is 0 Å².